The van der Waals surface area contributed by atoms with E-state index < -0.39 is 0 Å². The summed E-state index contributed by atoms with van der Waals surface area (Å²) in [6, 6.07) is 2.21. The molecule has 3 spiro atoms. The second-order valence-corrected chi connectivity index (χ2v) is 14.3. The third-order valence-corrected chi connectivity index (χ3v) is 13.1. The van der Waals surface area contributed by atoms with Crippen molar-refractivity contribution in [1.82, 2.24) is 16.0 Å². The largest absolute Gasteiger partial charge is 0.314 e. The van der Waals surface area contributed by atoms with Crippen LogP contribution in [0.2, 0.25) is 0 Å². The summed E-state index contributed by atoms with van der Waals surface area (Å²) in [5.41, 5.74) is 1.86. The summed E-state index contributed by atoms with van der Waals surface area (Å²) >= 11 is 0. The molecule has 3 saturated heterocycles. The van der Waals surface area contributed by atoms with Crippen LogP contribution >= 0.6 is 0 Å². The number of nitrogens with one attached hydrogen (secondary N) is 3. The first-order valence-electron chi connectivity index (χ1n) is 15.1. The number of hydrogen-bond acceptors (Lipinski definition) is 3. The fourth-order valence-corrected chi connectivity index (χ4v) is 10.4. The van der Waals surface area contributed by atoms with Gasteiger partial charge >= 0.3 is 0 Å². The van der Waals surface area contributed by atoms with Gasteiger partial charge in [0.05, 0.1) is 0 Å². The first kappa shape index (κ1) is 23.3. The molecule has 6 rings (SSSR count). The molecule has 6 aliphatic rings. The molecule has 3 heterocycles. The smallest absolute Gasteiger partial charge is 0.00955 e. The van der Waals surface area contributed by atoms with Gasteiger partial charge in [-0.2, -0.15) is 0 Å². The Balaban J connectivity index is 1.13. The Morgan fingerprint density at radius 1 is 0.485 bits per heavy atom. The Morgan fingerprint density at radius 2 is 1.00 bits per heavy atom. The van der Waals surface area contributed by atoms with Crippen molar-refractivity contribution in [2.24, 2.45) is 39.9 Å². The molecule has 33 heavy (non-hydrogen) atoms. The minimum atomic E-state index is 0.588. The van der Waals surface area contributed by atoms with Gasteiger partial charge in [-0.3, -0.25) is 0 Å². The lowest BCUT2D eigenvalue weighted by molar-refractivity contribution is -0.00596. The van der Waals surface area contributed by atoms with E-state index in [1.165, 1.54) is 110 Å². The molecular weight excluding hydrogens is 402 g/mol. The van der Waals surface area contributed by atoms with E-state index in [0.717, 1.165) is 41.8 Å². The van der Waals surface area contributed by atoms with E-state index in [1.807, 2.05) is 0 Å². The fourth-order valence-electron chi connectivity index (χ4n) is 10.4. The molecule has 8 unspecified atom stereocenters. The first-order chi connectivity index (χ1) is 15.9. The van der Waals surface area contributed by atoms with Crippen LogP contribution in [0.15, 0.2) is 0 Å². The highest BCUT2D eigenvalue weighted by Crippen LogP contribution is 2.59. The van der Waals surface area contributed by atoms with E-state index in [-0.39, 0.29) is 0 Å². The average Bonchev–Trinajstić information content (AvgIpc) is 3.22. The molecule has 0 aromatic carbocycles. The van der Waals surface area contributed by atoms with E-state index in [0.29, 0.717) is 16.2 Å². The second-order valence-electron chi connectivity index (χ2n) is 14.3. The van der Waals surface area contributed by atoms with E-state index in [9.17, 15) is 0 Å². The van der Waals surface area contributed by atoms with Gasteiger partial charge in [0, 0.05) is 18.1 Å². The Kier molecular flexibility index (Phi) is 6.19. The summed E-state index contributed by atoms with van der Waals surface area (Å²) < 4.78 is 0. The maximum atomic E-state index is 4.10. The molecule has 3 saturated carbocycles. The lowest BCUT2D eigenvalue weighted by atomic mass is 9.56. The normalized spacial score (nSPS) is 52.3. The van der Waals surface area contributed by atoms with Gasteiger partial charge in [-0.1, -0.05) is 19.3 Å². The highest BCUT2D eigenvalue weighted by Gasteiger charge is 2.53. The first-order valence-corrected chi connectivity index (χ1v) is 15.1. The monoisotopic (exact) mass is 455 g/mol. The molecule has 0 bridgehead atoms. The van der Waals surface area contributed by atoms with Crippen LogP contribution in [0.5, 0.6) is 0 Å². The van der Waals surface area contributed by atoms with Gasteiger partial charge in [0.15, 0.2) is 0 Å². The zero-order valence-electron chi connectivity index (χ0n) is 22.1. The molecule has 3 heteroatoms. The predicted octanol–water partition coefficient (Wildman–Crippen LogP) is 5.89. The standard InChI is InChI=1S/C30H53N3/c1-21-28(12-6-14-31-21)9-4-7-24(15-28)27-18-30(23(3)33-20-27)13-8-25(16-30)26-17-29(10-5-11-29)22(2)32-19-26/h21-27,31-33H,4-20H2,1-3H3/t21?,22?,23?,24?,25-,26?,27?,28?,30?/m0/s1. The zero-order chi connectivity index (χ0) is 22.7. The Hall–Kier alpha value is -0.120. The minimum absolute atomic E-state index is 0.588. The van der Waals surface area contributed by atoms with E-state index in [4.69, 9.17) is 0 Å². The van der Waals surface area contributed by atoms with Gasteiger partial charge in [0.2, 0.25) is 0 Å². The molecule has 3 aliphatic carbocycles. The van der Waals surface area contributed by atoms with Crippen LogP contribution in [0.1, 0.15) is 111 Å². The van der Waals surface area contributed by atoms with Crippen molar-refractivity contribution in [2.75, 3.05) is 19.6 Å². The molecule has 0 radical (unpaired) electrons. The van der Waals surface area contributed by atoms with Gasteiger partial charge in [-0.15, -0.1) is 0 Å². The molecule has 0 aromatic rings. The van der Waals surface area contributed by atoms with Crippen LogP contribution in [0.4, 0.5) is 0 Å². The van der Waals surface area contributed by atoms with E-state index in [1.54, 1.807) is 0 Å². The summed E-state index contributed by atoms with van der Waals surface area (Å²) in [6.07, 6.45) is 20.9. The van der Waals surface area contributed by atoms with Gasteiger partial charge in [0.1, 0.15) is 0 Å². The topological polar surface area (TPSA) is 36.1 Å². The predicted molar refractivity (Wildman–Crippen MR) is 138 cm³/mol. The summed E-state index contributed by atoms with van der Waals surface area (Å²) in [5, 5.41) is 11.9. The number of hydrogen-bond donors (Lipinski definition) is 3. The maximum absolute atomic E-state index is 4.10. The van der Waals surface area contributed by atoms with Crippen LogP contribution in [-0.2, 0) is 0 Å². The number of piperidine rings is 3. The summed E-state index contributed by atoms with van der Waals surface area (Å²) in [7, 11) is 0. The van der Waals surface area contributed by atoms with Crippen molar-refractivity contribution in [1.29, 1.82) is 0 Å². The SMILES string of the molecule is CC1NCCCC12CCCC(C1CNC(C)C3(CC[C@H](C4CNC(C)C5(CCC5)C4)C3)C1)C2. The molecule has 188 valence electrons. The quantitative estimate of drug-likeness (QED) is 0.486. The maximum Gasteiger partial charge on any atom is 0.00955 e. The van der Waals surface area contributed by atoms with Crippen LogP contribution in [0, 0.1) is 39.9 Å². The minimum Gasteiger partial charge on any atom is -0.314 e. The molecule has 3 nitrogen and oxygen atoms in total. The molecule has 9 atom stereocenters. The third-order valence-electron chi connectivity index (χ3n) is 13.1. The zero-order valence-corrected chi connectivity index (χ0v) is 22.1. The molecule has 0 aromatic heterocycles. The molecule has 6 fully saturated rings. The van der Waals surface area contributed by atoms with Crippen molar-refractivity contribution in [3.8, 4) is 0 Å². The van der Waals surface area contributed by atoms with Gasteiger partial charge in [-0.25, -0.2) is 0 Å². The van der Waals surface area contributed by atoms with Crippen LogP contribution in [0.3, 0.4) is 0 Å². The second kappa shape index (κ2) is 8.77. The third kappa shape index (κ3) is 3.95. The van der Waals surface area contributed by atoms with Gasteiger partial charge < -0.3 is 16.0 Å². The Bertz CT molecular complexity index is 699. The number of rotatable bonds is 2. The molecule has 3 aliphatic heterocycles. The van der Waals surface area contributed by atoms with Crippen molar-refractivity contribution >= 4 is 0 Å². The Labute approximate surface area is 204 Å². The highest BCUT2D eigenvalue weighted by atomic mass is 15.0. The van der Waals surface area contributed by atoms with Gasteiger partial charge in [-0.05, 0) is 151 Å². The lowest BCUT2D eigenvalue weighted by Crippen LogP contribution is -2.56. The lowest BCUT2D eigenvalue weighted by Gasteiger charge is -2.54. The summed E-state index contributed by atoms with van der Waals surface area (Å²) in [5.74, 6) is 3.81. The average molecular weight is 456 g/mol. The van der Waals surface area contributed by atoms with Crippen LogP contribution in [-0.4, -0.2) is 37.8 Å². The van der Waals surface area contributed by atoms with Gasteiger partial charge in [0.25, 0.3) is 0 Å². The van der Waals surface area contributed by atoms with Crippen molar-refractivity contribution in [2.45, 2.75) is 129 Å². The van der Waals surface area contributed by atoms with Crippen LogP contribution in [0.25, 0.3) is 0 Å². The Morgan fingerprint density at radius 3 is 1.67 bits per heavy atom. The summed E-state index contributed by atoms with van der Waals surface area (Å²) in [4.78, 5) is 0. The molecule has 0 amide bonds. The highest BCUT2D eigenvalue weighted by molar-refractivity contribution is 5.07. The van der Waals surface area contributed by atoms with E-state index >= 15 is 0 Å². The molecule has 3 N–H and O–H groups in total. The fraction of sp³-hybridized carbons (Fsp3) is 1.00. The van der Waals surface area contributed by atoms with E-state index in [2.05, 4.69) is 36.7 Å². The van der Waals surface area contributed by atoms with Crippen LogP contribution < -0.4 is 16.0 Å². The van der Waals surface area contributed by atoms with Crippen molar-refractivity contribution < 1.29 is 0 Å². The summed E-state index contributed by atoms with van der Waals surface area (Å²) in [6.45, 7) is 11.4. The molecular formula is C30H53N3. The van der Waals surface area contributed by atoms with Crippen molar-refractivity contribution in [3.05, 3.63) is 0 Å². The van der Waals surface area contributed by atoms with Crippen molar-refractivity contribution in [3.63, 3.8) is 0 Å².